The number of nitrogens with zero attached hydrogens (tertiary/aromatic N) is 3. The minimum Gasteiger partial charge on any atom is -0.493 e. The van der Waals surface area contributed by atoms with Crippen LogP contribution in [0, 0.1) is 0 Å². The van der Waals surface area contributed by atoms with E-state index in [1.54, 1.807) is 19.2 Å². The number of aryl methyl sites for hydroxylation is 2. The maximum absolute atomic E-state index is 12.9. The smallest absolute Gasteiger partial charge is 0.387 e. The summed E-state index contributed by atoms with van der Waals surface area (Å²) in [7, 11) is 3.62. The Morgan fingerprint density at radius 1 is 1.16 bits per heavy atom. The lowest BCUT2D eigenvalue weighted by atomic mass is 10.1. The van der Waals surface area contributed by atoms with Crippen LogP contribution < -0.4 is 20.1 Å². The third kappa shape index (κ3) is 7.79. The van der Waals surface area contributed by atoms with E-state index >= 15 is 0 Å². The molecule has 0 aliphatic heterocycles. The number of aromatic nitrogens is 2. The van der Waals surface area contributed by atoms with Gasteiger partial charge in [0.1, 0.15) is 11.5 Å². The molecule has 1 aromatic carbocycles. The van der Waals surface area contributed by atoms with Crippen LogP contribution >= 0.6 is 24.0 Å². The standard InChI is InChI=1S/C22H33F2N5O2.HI/c1-6-11-30-16-10-9-15(20(12-16)31-21(23)24)13-26-22(25-4)27-14-17-18(7-2)28-29(5)19(17)8-3;/h9-10,12,21H,6-8,11,13-14H2,1-5H3,(H2,25,26,27);1H. The Morgan fingerprint density at radius 3 is 2.47 bits per heavy atom. The number of rotatable bonds is 11. The molecule has 32 heavy (non-hydrogen) atoms. The van der Waals surface area contributed by atoms with Crippen LogP contribution in [-0.4, -0.2) is 36.0 Å². The highest BCUT2D eigenvalue weighted by molar-refractivity contribution is 14.0. The second-order valence-electron chi connectivity index (χ2n) is 6.98. The maximum atomic E-state index is 12.9. The molecule has 0 aliphatic rings. The average Bonchev–Trinajstić information content (AvgIpc) is 3.07. The van der Waals surface area contributed by atoms with Crippen LogP contribution in [0.4, 0.5) is 8.78 Å². The van der Waals surface area contributed by atoms with Crippen molar-refractivity contribution in [3.8, 4) is 11.5 Å². The molecule has 0 saturated carbocycles. The maximum Gasteiger partial charge on any atom is 0.387 e. The topological polar surface area (TPSA) is 72.7 Å². The van der Waals surface area contributed by atoms with Gasteiger partial charge in [-0.05, 0) is 31.4 Å². The molecular formula is C22H34F2IN5O2. The van der Waals surface area contributed by atoms with E-state index in [4.69, 9.17) is 9.47 Å². The van der Waals surface area contributed by atoms with Gasteiger partial charge in [0.05, 0.1) is 12.3 Å². The van der Waals surface area contributed by atoms with Gasteiger partial charge in [0, 0.05) is 50.1 Å². The van der Waals surface area contributed by atoms with E-state index in [0.29, 0.717) is 30.4 Å². The number of guanidine groups is 1. The van der Waals surface area contributed by atoms with Crippen LogP contribution in [0.25, 0.3) is 0 Å². The molecule has 2 N–H and O–H groups in total. The summed E-state index contributed by atoms with van der Waals surface area (Å²) in [6, 6.07) is 4.96. The minimum atomic E-state index is -2.91. The molecule has 0 radical (unpaired) electrons. The van der Waals surface area contributed by atoms with Gasteiger partial charge in [0.25, 0.3) is 0 Å². The van der Waals surface area contributed by atoms with Crippen molar-refractivity contribution in [1.29, 1.82) is 0 Å². The monoisotopic (exact) mass is 565 g/mol. The van der Waals surface area contributed by atoms with Gasteiger partial charge in [-0.15, -0.1) is 24.0 Å². The molecule has 180 valence electrons. The summed E-state index contributed by atoms with van der Waals surface area (Å²) in [4.78, 5) is 4.24. The zero-order valence-corrected chi connectivity index (χ0v) is 21.7. The molecule has 0 amide bonds. The fraction of sp³-hybridized carbons (Fsp3) is 0.545. The molecule has 2 aromatic rings. The van der Waals surface area contributed by atoms with Gasteiger partial charge in [0.2, 0.25) is 0 Å². The van der Waals surface area contributed by atoms with Gasteiger partial charge in [-0.1, -0.05) is 20.8 Å². The normalized spacial score (nSPS) is 11.3. The number of halogens is 3. The molecule has 0 unspecified atom stereocenters. The number of hydrogen-bond donors (Lipinski definition) is 2. The van der Waals surface area contributed by atoms with Crippen LogP contribution in [0.5, 0.6) is 11.5 Å². The highest BCUT2D eigenvalue weighted by Crippen LogP contribution is 2.26. The van der Waals surface area contributed by atoms with Crippen molar-refractivity contribution in [2.24, 2.45) is 12.0 Å². The molecule has 7 nitrogen and oxygen atoms in total. The molecule has 2 rings (SSSR count). The Morgan fingerprint density at radius 2 is 1.88 bits per heavy atom. The van der Waals surface area contributed by atoms with E-state index < -0.39 is 6.61 Å². The summed E-state index contributed by atoms with van der Waals surface area (Å²) >= 11 is 0. The zero-order chi connectivity index (χ0) is 22.8. The first-order valence-corrected chi connectivity index (χ1v) is 10.6. The fourth-order valence-electron chi connectivity index (χ4n) is 3.36. The molecular weight excluding hydrogens is 531 g/mol. The highest BCUT2D eigenvalue weighted by atomic mass is 127. The van der Waals surface area contributed by atoms with Crippen molar-refractivity contribution in [2.75, 3.05) is 13.7 Å². The molecule has 0 bridgehead atoms. The average molecular weight is 565 g/mol. The third-order valence-electron chi connectivity index (χ3n) is 4.86. The van der Waals surface area contributed by atoms with Crippen LogP contribution in [0.2, 0.25) is 0 Å². The van der Waals surface area contributed by atoms with Crippen molar-refractivity contribution >= 4 is 29.9 Å². The van der Waals surface area contributed by atoms with Gasteiger partial charge in [-0.3, -0.25) is 9.67 Å². The molecule has 0 saturated heterocycles. The molecule has 0 spiro atoms. The number of benzene rings is 1. The first kappa shape index (κ1) is 27.9. The van der Waals surface area contributed by atoms with Gasteiger partial charge >= 0.3 is 6.61 Å². The summed E-state index contributed by atoms with van der Waals surface area (Å²) in [5, 5.41) is 11.0. The number of ether oxygens (including phenoxy) is 2. The van der Waals surface area contributed by atoms with Crippen molar-refractivity contribution in [3.63, 3.8) is 0 Å². The van der Waals surface area contributed by atoms with E-state index in [1.165, 1.54) is 11.8 Å². The lowest BCUT2D eigenvalue weighted by Gasteiger charge is -2.16. The molecule has 0 aliphatic carbocycles. The first-order chi connectivity index (χ1) is 14.9. The van der Waals surface area contributed by atoms with E-state index in [2.05, 4.69) is 34.6 Å². The SMILES string of the molecule is CCCOc1ccc(CNC(=NC)NCc2c(CC)nn(C)c2CC)c(OC(F)F)c1.I. The van der Waals surface area contributed by atoms with Crippen LogP contribution in [0.15, 0.2) is 23.2 Å². The summed E-state index contributed by atoms with van der Waals surface area (Å²) in [6.45, 7) is 4.60. The van der Waals surface area contributed by atoms with Crippen LogP contribution in [0.1, 0.15) is 49.7 Å². The zero-order valence-electron chi connectivity index (χ0n) is 19.4. The summed E-state index contributed by atoms with van der Waals surface area (Å²) in [5.41, 5.74) is 3.97. The van der Waals surface area contributed by atoms with Crippen molar-refractivity contribution < 1.29 is 18.3 Å². The Hall–Kier alpha value is -2.11. The molecule has 1 heterocycles. The second kappa shape index (κ2) is 14.1. The highest BCUT2D eigenvalue weighted by Gasteiger charge is 2.15. The second-order valence-corrected chi connectivity index (χ2v) is 6.98. The summed E-state index contributed by atoms with van der Waals surface area (Å²) in [5.74, 6) is 1.14. The fourth-order valence-corrected chi connectivity index (χ4v) is 3.36. The van der Waals surface area contributed by atoms with Gasteiger partial charge in [-0.25, -0.2) is 0 Å². The summed E-state index contributed by atoms with van der Waals surface area (Å²) in [6.07, 6.45) is 2.55. The van der Waals surface area contributed by atoms with E-state index in [-0.39, 0.29) is 36.3 Å². The van der Waals surface area contributed by atoms with E-state index in [1.807, 2.05) is 18.7 Å². The summed E-state index contributed by atoms with van der Waals surface area (Å²) < 4.78 is 37.9. The number of alkyl halides is 2. The van der Waals surface area contributed by atoms with Crippen molar-refractivity contribution in [3.05, 3.63) is 40.7 Å². The quantitative estimate of drug-likeness (QED) is 0.240. The van der Waals surface area contributed by atoms with Crippen molar-refractivity contribution in [1.82, 2.24) is 20.4 Å². The third-order valence-corrected chi connectivity index (χ3v) is 4.86. The Labute approximate surface area is 206 Å². The number of aliphatic imine (C=N–C) groups is 1. The lowest BCUT2D eigenvalue weighted by molar-refractivity contribution is -0.0505. The van der Waals surface area contributed by atoms with Gasteiger partial charge < -0.3 is 20.1 Å². The molecule has 0 atom stereocenters. The molecule has 1 aromatic heterocycles. The minimum absolute atomic E-state index is 0. The van der Waals surface area contributed by atoms with Gasteiger partial charge in [0.15, 0.2) is 5.96 Å². The predicted molar refractivity (Wildman–Crippen MR) is 133 cm³/mol. The molecule has 10 heteroatoms. The Bertz CT molecular complexity index is 874. The van der Waals surface area contributed by atoms with E-state index in [9.17, 15) is 8.78 Å². The lowest BCUT2D eigenvalue weighted by Crippen LogP contribution is -2.36. The predicted octanol–water partition coefficient (Wildman–Crippen LogP) is 4.42. The van der Waals surface area contributed by atoms with E-state index in [0.717, 1.165) is 30.5 Å². The van der Waals surface area contributed by atoms with Gasteiger partial charge in [-0.2, -0.15) is 13.9 Å². The first-order valence-electron chi connectivity index (χ1n) is 10.6. The number of hydrogen-bond acceptors (Lipinski definition) is 4. The van der Waals surface area contributed by atoms with Crippen LogP contribution in [0.3, 0.4) is 0 Å². The van der Waals surface area contributed by atoms with Crippen LogP contribution in [-0.2, 0) is 33.0 Å². The Balaban J connectivity index is 0.00000512. The van der Waals surface area contributed by atoms with Crippen molar-refractivity contribution in [2.45, 2.75) is 59.7 Å². The number of nitrogens with one attached hydrogen (secondary N) is 2. The largest absolute Gasteiger partial charge is 0.493 e. The Kier molecular flexibility index (Phi) is 12.3. The molecule has 0 fully saturated rings.